The van der Waals surface area contributed by atoms with Crippen LogP contribution in [0.15, 0.2) is 30.3 Å². The number of hydrogen-bond acceptors (Lipinski definition) is 4. The Balaban J connectivity index is 2.78. The Hall–Kier alpha value is -2.57. The molecule has 1 aromatic heterocycles. The van der Waals surface area contributed by atoms with Gasteiger partial charge in [0.05, 0.1) is 6.61 Å². The Labute approximate surface area is 130 Å². The van der Waals surface area contributed by atoms with Crippen LogP contribution in [0.3, 0.4) is 0 Å². The number of carbonyl (C=O) groups excluding carboxylic acids is 1. The van der Waals surface area contributed by atoms with E-state index in [-0.39, 0.29) is 17.9 Å². The van der Waals surface area contributed by atoms with Crippen LogP contribution < -0.4 is 0 Å². The van der Waals surface area contributed by atoms with Gasteiger partial charge in [-0.1, -0.05) is 30.3 Å². The molecule has 4 nitrogen and oxygen atoms in total. The van der Waals surface area contributed by atoms with Gasteiger partial charge in [-0.3, -0.25) is 0 Å². The molecule has 0 radical (unpaired) electrons. The molecule has 1 N–H and O–H groups in total. The molecule has 0 aliphatic carbocycles. The number of halogens is 3. The molecular weight excluding hydrogens is 311 g/mol. The molecule has 0 saturated heterocycles. The highest BCUT2D eigenvalue weighted by molar-refractivity contribution is 5.97. The number of alkyl halides is 3. The first-order chi connectivity index (χ1) is 10.8. The van der Waals surface area contributed by atoms with Crippen LogP contribution in [0.25, 0.3) is 11.1 Å². The van der Waals surface area contributed by atoms with E-state index in [4.69, 9.17) is 0 Å². The maximum Gasteiger partial charge on any atom is 0.434 e. The van der Waals surface area contributed by atoms with Gasteiger partial charge in [-0.05, 0) is 19.4 Å². The van der Waals surface area contributed by atoms with Crippen LogP contribution in [0, 0.1) is 6.92 Å². The average Bonchev–Trinajstić information content (AvgIpc) is 2.47. The minimum absolute atomic E-state index is 0.0333. The minimum Gasteiger partial charge on any atom is -0.506 e. The van der Waals surface area contributed by atoms with E-state index in [9.17, 15) is 23.1 Å². The topological polar surface area (TPSA) is 59.4 Å². The Kier molecular flexibility index (Phi) is 4.58. The van der Waals surface area contributed by atoms with Crippen molar-refractivity contribution in [3.05, 3.63) is 47.3 Å². The maximum absolute atomic E-state index is 13.2. The summed E-state index contributed by atoms with van der Waals surface area (Å²) in [4.78, 5) is 15.4. The van der Waals surface area contributed by atoms with E-state index in [0.717, 1.165) is 0 Å². The SMILES string of the molecule is CCOC(=O)c1c(C(F)(F)F)nc(C)c(-c2ccccc2)c1O. The summed E-state index contributed by atoms with van der Waals surface area (Å²) in [7, 11) is 0. The predicted molar refractivity (Wildman–Crippen MR) is 77.0 cm³/mol. The van der Waals surface area contributed by atoms with Crippen molar-refractivity contribution in [1.82, 2.24) is 4.98 Å². The number of carbonyl (C=O) groups is 1. The largest absolute Gasteiger partial charge is 0.506 e. The lowest BCUT2D eigenvalue weighted by molar-refractivity contribution is -0.141. The van der Waals surface area contributed by atoms with Gasteiger partial charge in [-0.2, -0.15) is 13.2 Å². The fourth-order valence-corrected chi connectivity index (χ4v) is 2.24. The maximum atomic E-state index is 13.2. The van der Waals surface area contributed by atoms with Crippen LogP contribution in [0.1, 0.15) is 28.7 Å². The molecule has 1 heterocycles. The second-order valence-electron chi connectivity index (χ2n) is 4.73. The molecule has 0 fully saturated rings. The number of aromatic hydroxyl groups is 1. The van der Waals surface area contributed by atoms with Crippen molar-refractivity contribution < 1.29 is 27.8 Å². The quantitative estimate of drug-likeness (QED) is 0.868. The van der Waals surface area contributed by atoms with Gasteiger partial charge in [0.1, 0.15) is 11.3 Å². The number of esters is 1. The van der Waals surface area contributed by atoms with E-state index in [1.807, 2.05) is 0 Å². The molecule has 0 aliphatic heterocycles. The minimum atomic E-state index is -4.89. The molecule has 0 atom stereocenters. The second kappa shape index (κ2) is 6.28. The fourth-order valence-electron chi connectivity index (χ4n) is 2.24. The Bertz CT molecular complexity index is 728. The van der Waals surface area contributed by atoms with Gasteiger partial charge in [0.2, 0.25) is 0 Å². The highest BCUT2D eigenvalue weighted by Crippen LogP contribution is 2.41. The van der Waals surface area contributed by atoms with E-state index in [1.165, 1.54) is 13.8 Å². The summed E-state index contributed by atoms with van der Waals surface area (Å²) in [5.41, 5.74) is -1.93. The number of pyridine rings is 1. The zero-order valence-electron chi connectivity index (χ0n) is 12.4. The number of aryl methyl sites for hydroxylation is 1. The molecule has 0 bridgehead atoms. The van der Waals surface area contributed by atoms with Crippen LogP contribution in [-0.2, 0) is 10.9 Å². The lowest BCUT2D eigenvalue weighted by Gasteiger charge is -2.17. The van der Waals surface area contributed by atoms with Crippen molar-refractivity contribution in [3.8, 4) is 16.9 Å². The summed E-state index contributed by atoms with van der Waals surface area (Å²) < 4.78 is 44.1. The van der Waals surface area contributed by atoms with Crippen molar-refractivity contribution in [2.24, 2.45) is 0 Å². The number of aromatic nitrogens is 1. The molecule has 0 amide bonds. The highest BCUT2D eigenvalue weighted by atomic mass is 19.4. The monoisotopic (exact) mass is 325 g/mol. The van der Waals surface area contributed by atoms with E-state index in [0.29, 0.717) is 5.56 Å². The van der Waals surface area contributed by atoms with Crippen molar-refractivity contribution in [2.75, 3.05) is 6.61 Å². The van der Waals surface area contributed by atoms with Gasteiger partial charge in [-0.25, -0.2) is 9.78 Å². The van der Waals surface area contributed by atoms with Gasteiger partial charge >= 0.3 is 12.1 Å². The molecule has 2 aromatic rings. The number of nitrogens with zero attached hydrogens (tertiary/aromatic N) is 1. The molecular formula is C16H14F3NO3. The van der Waals surface area contributed by atoms with Crippen LogP contribution in [0.2, 0.25) is 0 Å². The molecule has 0 spiro atoms. The molecule has 0 aliphatic rings. The van der Waals surface area contributed by atoms with Crippen molar-refractivity contribution >= 4 is 5.97 Å². The third-order valence-electron chi connectivity index (χ3n) is 3.16. The van der Waals surface area contributed by atoms with Crippen molar-refractivity contribution in [2.45, 2.75) is 20.0 Å². The fraction of sp³-hybridized carbons (Fsp3) is 0.250. The first kappa shape index (κ1) is 16.8. The summed E-state index contributed by atoms with van der Waals surface area (Å²) in [6, 6.07) is 8.25. The van der Waals surface area contributed by atoms with Gasteiger partial charge in [0.25, 0.3) is 0 Å². The normalized spacial score (nSPS) is 11.3. The van der Waals surface area contributed by atoms with Gasteiger partial charge < -0.3 is 9.84 Å². The number of rotatable bonds is 3. The predicted octanol–water partition coefficient (Wildman–Crippen LogP) is 3.96. The molecule has 122 valence electrons. The lowest BCUT2D eigenvalue weighted by atomic mass is 9.98. The average molecular weight is 325 g/mol. The zero-order valence-corrected chi connectivity index (χ0v) is 12.4. The first-order valence-electron chi connectivity index (χ1n) is 6.80. The summed E-state index contributed by atoms with van der Waals surface area (Å²) in [6.45, 7) is 2.68. The van der Waals surface area contributed by atoms with E-state index in [2.05, 4.69) is 9.72 Å². The van der Waals surface area contributed by atoms with Gasteiger partial charge in [0, 0.05) is 11.3 Å². The molecule has 0 unspecified atom stereocenters. The molecule has 7 heteroatoms. The van der Waals surface area contributed by atoms with Crippen LogP contribution in [-0.4, -0.2) is 22.7 Å². The standard InChI is InChI=1S/C16H14F3NO3/c1-3-23-15(22)12-13(21)11(10-7-5-4-6-8-10)9(2)20-14(12)16(17,18)19/h4-8H,3H2,1-2H3,(H,20,21). The van der Waals surface area contributed by atoms with Gasteiger partial charge in [-0.15, -0.1) is 0 Å². The first-order valence-corrected chi connectivity index (χ1v) is 6.80. The Morgan fingerprint density at radius 1 is 1.26 bits per heavy atom. The number of ether oxygens (including phenoxy) is 1. The summed E-state index contributed by atoms with van der Waals surface area (Å²) >= 11 is 0. The summed E-state index contributed by atoms with van der Waals surface area (Å²) in [5.74, 6) is -2.04. The number of benzene rings is 1. The highest BCUT2D eigenvalue weighted by Gasteiger charge is 2.41. The van der Waals surface area contributed by atoms with Crippen LogP contribution in [0.5, 0.6) is 5.75 Å². The smallest absolute Gasteiger partial charge is 0.434 e. The van der Waals surface area contributed by atoms with Crippen LogP contribution >= 0.6 is 0 Å². The lowest BCUT2D eigenvalue weighted by Crippen LogP contribution is -2.19. The molecule has 2 rings (SSSR count). The van der Waals surface area contributed by atoms with E-state index < -0.39 is 29.2 Å². The van der Waals surface area contributed by atoms with E-state index >= 15 is 0 Å². The van der Waals surface area contributed by atoms with E-state index in [1.54, 1.807) is 30.3 Å². The van der Waals surface area contributed by atoms with Crippen LogP contribution in [0.4, 0.5) is 13.2 Å². The summed E-state index contributed by atoms with van der Waals surface area (Å²) in [6.07, 6.45) is -4.89. The molecule has 0 saturated carbocycles. The third-order valence-corrected chi connectivity index (χ3v) is 3.16. The molecule has 1 aromatic carbocycles. The number of hydrogen-bond donors (Lipinski definition) is 1. The Morgan fingerprint density at radius 2 is 1.87 bits per heavy atom. The summed E-state index contributed by atoms with van der Waals surface area (Å²) in [5, 5.41) is 10.3. The van der Waals surface area contributed by atoms with Crippen molar-refractivity contribution in [3.63, 3.8) is 0 Å². The van der Waals surface area contributed by atoms with Gasteiger partial charge in [0.15, 0.2) is 5.69 Å². The zero-order chi connectivity index (χ0) is 17.2. The second-order valence-corrected chi connectivity index (χ2v) is 4.73. The van der Waals surface area contributed by atoms with Crippen molar-refractivity contribution in [1.29, 1.82) is 0 Å². The Morgan fingerprint density at radius 3 is 2.39 bits per heavy atom. The molecule has 23 heavy (non-hydrogen) atoms. The third kappa shape index (κ3) is 3.28.